The fourth-order valence-corrected chi connectivity index (χ4v) is 3.22. The standard InChI is InChI=1S/C14H28N2/c1-2-7-14(6-1)8-3-11-16-12-4-9-15-10-5-13-16/h14-15H,1-13H2. The summed E-state index contributed by atoms with van der Waals surface area (Å²) in [6, 6.07) is 0. The first-order valence-corrected chi connectivity index (χ1v) is 7.38. The summed E-state index contributed by atoms with van der Waals surface area (Å²) in [6.45, 7) is 6.43. The van der Waals surface area contributed by atoms with Gasteiger partial charge in [-0.25, -0.2) is 0 Å². The van der Waals surface area contributed by atoms with Crippen molar-refractivity contribution < 1.29 is 0 Å². The molecule has 2 rings (SSSR count). The minimum absolute atomic E-state index is 1.08. The second kappa shape index (κ2) is 7.29. The third kappa shape index (κ3) is 4.42. The molecule has 1 heterocycles. The highest BCUT2D eigenvalue weighted by Gasteiger charge is 2.15. The topological polar surface area (TPSA) is 15.3 Å². The summed E-state index contributed by atoms with van der Waals surface area (Å²) in [5.41, 5.74) is 0. The highest BCUT2D eigenvalue weighted by Crippen LogP contribution is 2.28. The van der Waals surface area contributed by atoms with Gasteiger partial charge in [0.05, 0.1) is 0 Å². The van der Waals surface area contributed by atoms with Crippen molar-refractivity contribution in [3.63, 3.8) is 0 Å². The molecule has 1 N–H and O–H groups in total. The summed E-state index contributed by atoms with van der Waals surface area (Å²) in [6.07, 6.45) is 11.6. The molecular formula is C14H28N2. The lowest BCUT2D eigenvalue weighted by Gasteiger charge is -2.25. The zero-order chi connectivity index (χ0) is 11.1. The minimum Gasteiger partial charge on any atom is -0.317 e. The molecule has 1 saturated heterocycles. The predicted octanol–water partition coefficient (Wildman–Crippen LogP) is 2.64. The maximum atomic E-state index is 3.48. The summed E-state index contributed by atoms with van der Waals surface area (Å²) in [7, 11) is 0. The monoisotopic (exact) mass is 224 g/mol. The Morgan fingerprint density at radius 3 is 2.31 bits per heavy atom. The molecule has 0 radical (unpaired) electrons. The number of hydrogen-bond acceptors (Lipinski definition) is 2. The zero-order valence-electron chi connectivity index (χ0n) is 10.7. The first kappa shape index (κ1) is 12.4. The third-order valence-electron chi connectivity index (χ3n) is 4.22. The molecule has 0 unspecified atom stereocenters. The van der Waals surface area contributed by atoms with Gasteiger partial charge in [-0.15, -0.1) is 0 Å². The molecule has 1 aliphatic heterocycles. The van der Waals surface area contributed by atoms with E-state index in [0.717, 1.165) is 5.92 Å². The van der Waals surface area contributed by atoms with Crippen molar-refractivity contribution in [3.8, 4) is 0 Å². The lowest BCUT2D eigenvalue weighted by molar-refractivity contribution is 0.242. The Hall–Kier alpha value is -0.0800. The van der Waals surface area contributed by atoms with Gasteiger partial charge < -0.3 is 10.2 Å². The van der Waals surface area contributed by atoms with Crippen LogP contribution in [-0.2, 0) is 0 Å². The van der Waals surface area contributed by atoms with Gasteiger partial charge >= 0.3 is 0 Å². The molecule has 0 aromatic heterocycles. The van der Waals surface area contributed by atoms with E-state index in [0.29, 0.717) is 0 Å². The van der Waals surface area contributed by atoms with Crippen LogP contribution in [0.2, 0.25) is 0 Å². The molecule has 2 aliphatic rings. The Kier molecular flexibility index (Phi) is 5.64. The van der Waals surface area contributed by atoms with Crippen molar-refractivity contribution in [3.05, 3.63) is 0 Å². The van der Waals surface area contributed by atoms with Crippen LogP contribution in [0.25, 0.3) is 0 Å². The van der Waals surface area contributed by atoms with Gasteiger partial charge in [0.1, 0.15) is 0 Å². The van der Waals surface area contributed by atoms with Gasteiger partial charge in [0, 0.05) is 0 Å². The van der Waals surface area contributed by atoms with Crippen molar-refractivity contribution in [1.29, 1.82) is 0 Å². The maximum Gasteiger partial charge on any atom is -0.000663 e. The third-order valence-corrected chi connectivity index (χ3v) is 4.22. The van der Waals surface area contributed by atoms with Gasteiger partial charge in [-0.2, -0.15) is 0 Å². The smallest absolute Gasteiger partial charge is 0.000663 e. The van der Waals surface area contributed by atoms with Crippen LogP contribution in [0.1, 0.15) is 51.4 Å². The second-order valence-electron chi connectivity index (χ2n) is 5.59. The first-order chi connectivity index (χ1) is 7.95. The van der Waals surface area contributed by atoms with Crippen molar-refractivity contribution in [1.82, 2.24) is 10.2 Å². The second-order valence-corrected chi connectivity index (χ2v) is 5.59. The van der Waals surface area contributed by atoms with Crippen LogP contribution in [0.4, 0.5) is 0 Å². The van der Waals surface area contributed by atoms with Crippen LogP contribution in [0, 0.1) is 5.92 Å². The molecule has 1 aliphatic carbocycles. The molecule has 94 valence electrons. The molecule has 0 amide bonds. The van der Waals surface area contributed by atoms with Crippen molar-refractivity contribution >= 4 is 0 Å². The normalized spacial score (nSPS) is 25.5. The van der Waals surface area contributed by atoms with Crippen LogP contribution in [0.15, 0.2) is 0 Å². The average molecular weight is 224 g/mol. The number of nitrogens with zero attached hydrogens (tertiary/aromatic N) is 1. The lowest BCUT2D eigenvalue weighted by Crippen LogP contribution is -2.34. The Morgan fingerprint density at radius 2 is 1.62 bits per heavy atom. The quantitative estimate of drug-likeness (QED) is 0.790. The molecule has 0 aromatic rings. The van der Waals surface area contributed by atoms with Crippen LogP contribution in [0.3, 0.4) is 0 Å². The molecule has 0 bridgehead atoms. The predicted molar refractivity (Wildman–Crippen MR) is 69.7 cm³/mol. The van der Waals surface area contributed by atoms with E-state index in [2.05, 4.69) is 10.2 Å². The highest BCUT2D eigenvalue weighted by molar-refractivity contribution is 4.69. The molecule has 2 fully saturated rings. The van der Waals surface area contributed by atoms with E-state index in [1.807, 2.05) is 0 Å². The zero-order valence-corrected chi connectivity index (χ0v) is 10.7. The molecule has 2 nitrogen and oxygen atoms in total. The molecule has 0 atom stereocenters. The largest absolute Gasteiger partial charge is 0.317 e. The molecule has 1 saturated carbocycles. The van der Waals surface area contributed by atoms with Gasteiger partial charge in [-0.1, -0.05) is 25.7 Å². The van der Waals surface area contributed by atoms with Gasteiger partial charge in [0.2, 0.25) is 0 Å². The van der Waals surface area contributed by atoms with Crippen molar-refractivity contribution in [2.45, 2.75) is 51.4 Å². The summed E-state index contributed by atoms with van der Waals surface area (Å²) in [4.78, 5) is 2.69. The molecule has 16 heavy (non-hydrogen) atoms. The van der Waals surface area contributed by atoms with Crippen LogP contribution < -0.4 is 5.32 Å². The molecule has 2 heteroatoms. The van der Waals surface area contributed by atoms with Crippen LogP contribution >= 0.6 is 0 Å². The van der Waals surface area contributed by atoms with Crippen molar-refractivity contribution in [2.24, 2.45) is 5.92 Å². The van der Waals surface area contributed by atoms with Gasteiger partial charge in [0.25, 0.3) is 0 Å². The number of hydrogen-bond donors (Lipinski definition) is 1. The van der Waals surface area contributed by atoms with Crippen molar-refractivity contribution in [2.75, 3.05) is 32.7 Å². The van der Waals surface area contributed by atoms with E-state index in [9.17, 15) is 0 Å². The highest BCUT2D eigenvalue weighted by atomic mass is 15.1. The van der Waals surface area contributed by atoms with E-state index in [1.54, 1.807) is 0 Å². The van der Waals surface area contributed by atoms with E-state index in [1.165, 1.54) is 84.1 Å². The summed E-state index contributed by atoms with van der Waals surface area (Å²) in [5.74, 6) is 1.08. The Labute approximate surface area is 101 Å². The van der Waals surface area contributed by atoms with Crippen LogP contribution in [-0.4, -0.2) is 37.6 Å². The maximum absolute atomic E-state index is 3.48. The molecular weight excluding hydrogens is 196 g/mol. The SMILES string of the molecule is C1CCC(CCCN2CCCNCCC2)C1. The van der Waals surface area contributed by atoms with Crippen LogP contribution in [0.5, 0.6) is 0 Å². The van der Waals surface area contributed by atoms with Gasteiger partial charge in [-0.3, -0.25) is 0 Å². The summed E-state index contributed by atoms with van der Waals surface area (Å²) >= 11 is 0. The minimum atomic E-state index is 1.08. The van der Waals surface area contributed by atoms with Gasteiger partial charge in [-0.05, 0) is 64.3 Å². The van der Waals surface area contributed by atoms with E-state index in [4.69, 9.17) is 0 Å². The lowest BCUT2D eigenvalue weighted by atomic mass is 10.0. The molecule has 0 aromatic carbocycles. The average Bonchev–Trinajstić information content (AvgIpc) is 2.73. The number of nitrogens with one attached hydrogen (secondary N) is 1. The summed E-state index contributed by atoms with van der Waals surface area (Å²) in [5, 5.41) is 3.48. The fraction of sp³-hybridized carbons (Fsp3) is 1.00. The van der Waals surface area contributed by atoms with E-state index < -0.39 is 0 Å². The fourth-order valence-electron chi connectivity index (χ4n) is 3.22. The van der Waals surface area contributed by atoms with Gasteiger partial charge in [0.15, 0.2) is 0 Å². The Morgan fingerprint density at radius 1 is 0.938 bits per heavy atom. The number of rotatable bonds is 4. The van der Waals surface area contributed by atoms with E-state index >= 15 is 0 Å². The Bertz CT molecular complexity index is 168. The first-order valence-electron chi connectivity index (χ1n) is 7.38. The molecule has 0 spiro atoms. The summed E-state index contributed by atoms with van der Waals surface area (Å²) < 4.78 is 0. The van der Waals surface area contributed by atoms with E-state index in [-0.39, 0.29) is 0 Å². The Balaban J connectivity index is 1.56.